The average molecular weight is 381 g/mol. The molecule has 4 rings (SSSR count). The topological polar surface area (TPSA) is 63.2 Å². The third-order valence-electron chi connectivity index (χ3n) is 5.01. The Hall–Kier alpha value is -3.84. The Labute approximate surface area is 168 Å². The van der Waals surface area contributed by atoms with Gasteiger partial charge in [-0.2, -0.15) is 5.26 Å². The van der Waals surface area contributed by atoms with Crippen molar-refractivity contribution < 1.29 is 9.15 Å². The normalized spacial score (nSPS) is 10.7. The van der Waals surface area contributed by atoms with Crippen molar-refractivity contribution in [3.63, 3.8) is 0 Å². The van der Waals surface area contributed by atoms with Gasteiger partial charge in [-0.1, -0.05) is 48.5 Å². The zero-order valence-corrected chi connectivity index (χ0v) is 16.2. The first-order chi connectivity index (χ1) is 14.1. The molecule has 0 spiro atoms. The van der Waals surface area contributed by atoms with E-state index < -0.39 is 0 Å². The molecule has 0 radical (unpaired) electrons. The third kappa shape index (κ3) is 3.51. The quantitative estimate of drug-likeness (QED) is 0.466. The molecule has 4 nitrogen and oxygen atoms in total. The van der Waals surface area contributed by atoms with Gasteiger partial charge in [0.05, 0.1) is 17.0 Å². The minimum Gasteiger partial charge on any atom is -0.481 e. The minimum atomic E-state index is -0.220. The number of nitriles is 1. The minimum absolute atomic E-state index is 0.102. The van der Waals surface area contributed by atoms with Crippen LogP contribution in [-0.4, -0.2) is 0 Å². The number of hydrogen-bond donors (Lipinski definition) is 0. The van der Waals surface area contributed by atoms with E-state index in [1.54, 1.807) is 12.1 Å². The lowest BCUT2D eigenvalue weighted by Gasteiger charge is -2.13. The van der Waals surface area contributed by atoms with Crippen molar-refractivity contribution in [3.05, 3.63) is 99.2 Å². The summed E-state index contributed by atoms with van der Waals surface area (Å²) in [5, 5.41) is 9.80. The number of aryl methyl sites for hydroxylation is 2. The monoisotopic (exact) mass is 381 g/mol. The molecule has 1 heterocycles. The van der Waals surface area contributed by atoms with E-state index in [1.807, 2.05) is 68.4 Å². The Balaban J connectivity index is 1.89. The van der Waals surface area contributed by atoms with Crippen molar-refractivity contribution >= 4 is 11.0 Å². The highest BCUT2D eigenvalue weighted by molar-refractivity contribution is 5.83. The Bertz CT molecular complexity index is 1300. The first kappa shape index (κ1) is 18.5. The van der Waals surface area contributed by atoms with Gasteiger partial charge in [0.2, 0.25) is 11.2 Å². The lowest BCUT2D eigenvalue weighted by Crippen LogP contribution is -2.11. The van der Waals surface area contributed by atoms with E-state index in [4.69, 9.17) is 9.15 Å². The van der Waals surface area contributed by atoms with E-state index in [0.717, 1.165) is 16.7 Å². The highest BCUT2D eigenvalue weighted by atomic mass is 16.5. The number of ether oxygens (including phenoxy) is 1. The molecular formula is C25H19NO3. The third-order valence-corrected chi connectivity index (χ3v) is 5.01. The van der Waals surface area contributed by atoms with Gasteiger partial charge in [0.15, 0.2) is 5.76 Å². The molecule has 142 valence electrons. The fourth-order valence-corrected chi connectivity index (χ4v) is 3.25. The van der Waals surface area contributed by atoms with E-state index in [-0.39, 0.29) is 17.8 Å². The highest BCUT2D eigenvalue weighted by Gasteiger charge is 2.19. The van der Waals surface area contributed by atoms with Crippen molar-refractivity contribution in [1.29, 1.82) is 5.26 Å². The lowest BCUT2D eigenvalue weighted by atomic mass is 10.0. The van der Waals surface area contributed by atoms with Crippen LogP contribution in [0.2, 0.25) is 0 Å². The van der Waals surface area contributed by atoms with Crippen LogP contribution < -0.4 is 10.2 Å². The lowest BCUT2D eigenvalue weighted by molar-refractivity contribution is 0.297. The molecule has 0 aliphatic carbocycles. The summed E-state index contributed by atoms with van der Waals surface area (Å²) in [6.07, 6.45) is 0. The van der Waals surface area contributed by atoms with Gasteiger partial charge in [-0.3, -0.25) is 4.79 Å². The molecule has 1 aromatic heterocycles. The molecule has 0 aliphatic heterocycles. The van der Waals surface area contributed by atoms with Gasteiger partial charge in [-0.25, -0.2) is 0 Å². The predicted octanol–water partition coefficient (Wildman–Crippen LogP) is 5.53. The first-order valence-corrected chi connectivity index (χ1v) is 9.33. The summed E-state index contributed by atoms with van der Waals surface area (Å²) in [5.41, 5.74) is 4.37. The van der Waals surface area contributed by atoms with Crippen LogP contribution >= 0.6 is 0 Å². The molecule has 0 aliphatic rings. The van der Waals surface area contributed by atoms with Crippen molar-refractivity contribution in [2.24, 2.45) is 0 Å². The van der Waals surface area contributed by atoms with Gasteiger partial charge >= 0.3 is 0 Å². The van der Waals surface area contributed by atoms with E-state index in [1.165, 1.54) is 0 Å². The first-order valence-electron chi connectivity index (χ1n) is 9.33. The van der Waals surface area contributed by atoms with Crippen molar-refractivity contribution in [1.82, 2.24) is 0 Å². The van der Waals surface area contributed by atoms with Crippen LogP contribution in [0.25, 0.3) is 22.3 Å². The fourth-order valence-electron chi connectivity index (χ4n) is 3.25. The Morgan fingerprint density at radius 1 is 0.966 bits per heavy atom. The summed E-state index contributed by atoms with van der Waals surface area (Å²) in [6, 6.07) is 22.5. The van der Waals surface area contributed by atoms with Gasteiger partial charge in [0.25, 0.3) is 0 Å². The average Bonchev–Trinajstić information content (AvgIpc) is 2.75. The number of nitrogens with zero attached hydrogens (tertiary/aromatic N) is 1. The molecule has 0 bridgehead atoms. The second kappa shape index (κ2) is 7.65. The van der Waals surface area contributed by atoms with Crippen molar-refractivity contribution in [2.45, 2.75) is 20.5 Å². The number of hydrogen-bond acceptors (Lipinski definition) is 4. The highest BCUT2D eigenvalue weighted by Crippen LogP contribution is 2.32. The van der Waals surface area contributed by atoms with Gasteiger partial charge < -0.3 is 9.15 Å². The summed E-state index contributed by atoms with van der Waals surface area (Å²) in [7, 11) is 0. The second-order valence-electron chi connectivity index (χ2n) is 6.95. The fraction of sp³-hybridized carbons (Fsp3) is 0.120. The van der Waals surface area contributed by atoms with Crippen LogP contribution in [-0.2, 0) is 6.61 Å². The summed E-state index contributed by atoms with van der Waals surface area (Å²) < 4.78 is 12.1. The van der Waals surface area contributed by atoms with Gasteiger partial charge in [-0.05, 0) is 43.2 Å². The SMILES string of the molecule is Cc1cc2oc(-c3ccccc3)c(OCc3ccccc3C#N)c(=O)c2cc1C. The molecule has 0 saturated heterocycles. The molecule has 0 fully saturated rings. The van der Waals surface area contributed by atoms with Gasteiger partial charge in [0, 0.05) is 11.1 Å². The molecule has 4 heteroatoms. The zero-order chi connectivity index (χ0) is 20.4. The van der Waals surface area contributed by atoms with Crippen LogP contribution in [0, 0.1) is 25.2 Å². The maximum Gasteiger partial charge on any atom is 0.235 e. The summed E-state index contributed by atoms with van der Waals surface area (Å²) in [4.78, 5) is 13.3. The summed E-state index contributed by atoms with van der Waals surface area (Å²) >= 11 is 0. The summed E-state index contributed by atoms with van der Waals surface area (Å²) in [5.74, 6) is 0.542. The van der Waals surface area contributed by atoms with E-state index in [0.29, 0.717) is 27.9 Å². The zero-order valence-electron chi connectivity index (χ0n) is 16.2. The smallest absolute Gasteiger partial charge is 0.235 e. The largest absolute Gasteiger partial charge is 0.481 e. The van der Waals surface area contributed by atoms with Gasteiger partial charge in [-0.15, -0.1) is 0 Å². The molecule has 0 amide bonds. The van der Waals surface area contributed by atoms with Gasteiger partial charge in [0.1, 0.15) is 12.2 Å². The molecule has 4 aromatic rings. The molecule has 0 N–H and O–H groups in total. The summed E-state index contributed by atoms with van der Waals surface area (Å²) in [6.45, 7) is 4.05. The predicted molar refractivity (Wildman–Crippen MR) is 113 cm³/mol. The van der Waals surface area contributed by atoms with Crippen LogP contribution in [0.1, 0.15) is 22.3 Å². The maximum atomic E-state index is 13.3. The number of benzene rings is 3. The molecule has 0 atom stereocenters. The van der Waals surface area contributed by atoms with Crippen LogP contribution in [0.3, 0.4) is 0 Å². The molecular weight excluding hydrogens is 362 g/mol. The van der Waals surface area contributed by atoms with Crippen molar-refractivity contribution in [2.75, 3.05) is 0 Å². The molecule has 0 saturated carbocycles. The standard InChI is InChI=1S/C25H19NO3/c1-16-12-21-22(13-17(16)2)29-24(18-8-4-3-5-9-18)25(23(21)27)28-15-20-11-7-6-10-19(20)14-26/h3-13H,15H2,1-2H3. The van der Waals surface area contributed by atoms with Crippen LogP contribution in [0.15, 0.2) is 75.9 Å². The van der Waals surface area contributed by atoms with E-state index >= 15 is 0 Å². The van der Waals surface area contributed by atoms with Crippen molar-refractivity contribution in [3.8, 4) is 23.1 Å². The Morgan fingerprint density at radius 3 is 2.41 bits per heavy atom. The number of rotatable bonds is 4. The Kier molecular flexibility index (Phi) is 4.88. The second-order valence-corrected chi connectivity index (χ2v) is 6.95. The molecule has 29 heavy (non-hydrogen) atoms. The molecule has 3 aromatic carbocycles. The number of fused-ring (bicyclic) bond motifs is 1. The van der Waals surface area contributed by atoms with Crippen LogP contribution in [0.4, 0.5) is 0 Å². The van der Waals surface area contributed by atoms with Crippen LogP contribution in [0.5, 0.6) is 5.75 Å². The maximum absolute atomic E-state index is 13.3. The van der Waals surface area contributed by atoms with E-state index in [2.05, 4.69) is 6.07 Å². The van der Waals surface area contributed by atoms with E-state index in [9.17, 15) is 10.1 Å². The molecule has 0 unspecified atom stereocenters. The Morgan fingerprint density at radius 2 is 1.66 bits per heavy atom.